The van der Waals surface area contributed by atoms with E-state index in [2.05, 4.69) is 25.9 Å². The summed E-state index contributed by atoms with van der Waals surface area (Å²) in [5.41, 5.74) is 1.90. The number of aromatic nitrogens is 2. The zero-order chi connectivity index (χ0) is 13.1. The predicted octanol–water partition coefficient (Wildman–Crippen LogP) is 3.47. The fourth-order valence-electron chi connectivity index (χ4n) is 1.73. The second-order valence-electron chi connectivity index (χ2n) is 3.82. The number of aryl methyl sites for hydroxylation is 1. The van der Waals surface area contributed by atoms with Crippen molar-refractivity contribution >= 4 is 43.3 Å². The van der Waals surface area contributed by atoms with Gasteiger partial charge in [-0.25, -0.2) is 18.7 Å². The Bertz CT molecular complexity index is 532. The van der Waals surface area contributed by atoms with E-state index in [9.17, 15) is 8.78 Å². The highest BCUT2D eigenvalue weighted by Gasteiger charge is 2.17. The van der Waals surface area contributed by atoms with Gasteiger partial charge in [0.05, 0.1) is 16.8 Å². The van der Waals surface area contributed by atoms with Crippen LogP contribution in [-0.4, -0.2) is 34.8 Å². The average molecular weight is 336 g/mol. The summed E-state index contributed by atoms with van der Waals surface area (Å²) in [5, 5.41) is 2.59. The molecule has 0 aliphatic heterocycles. The molecule has 0 bridgehead atoms. The van der Waals surface area contributed by atoms with Gasteiger partial charge in [0.2, 0.25) is 0 Å². The van der Waals surface area contributed by atoms with Crippen LogP contribution < -0.4 is 4.90 Å². The Morgan fingerprint density at radius 1 is 1.44 bits per heavy atom. The summed E-state index contributed by atoms with van der Waals surface area (Å²) in [6.45, 7) is 2.14. The van der Waals surface area contributed by atoms with E-state index in [4.69, 9.17) is 0 Å². The van der Waals surface area contributed by atoms with Crippen LogP contribution in [0.2, 0.25) is 0 Å². The van der Waals surface area contributed by atoms with Crippen molar-refractivity contribution in [3.05, 3.63) is 17.3 Å². The van der Waals surface area contributed by atoms with Gasteiger partial charge in [0.15, 0.2) is 0 Å². The Balaban J connectivity index is 2.43. The number of hydrogen-bond acceptors (Lipinski definition) is 4. The van der Waals surface area contributed by atoms with Crippen LogP contribution in [0.4, 0.5) is 14.6 Å². The quantitative estimate of drug-likeness (QED) is 0.783. The summed E-state index contributed by atoms with van der Waals surface area (Å²) in [7, 11) is 0. The molecule has 2 aromatic rings. The van der Waals surface area contributed by atoms with Gasteiger partial charge in [-0.3, -0.25) is 0 Å². The summed E-state index contributed by atoms with van der Waals surface area (Å²) in [6, 6.07) is 0. The number of nitrogens with zero attached hydrogens (tertiary/aromatic N) is 3. The number of fused-ring (bicyclic) bond motifs is 1. The smallest absolute Gasteiger partial charge is 0.255 e. The number of rotatable bonds is 5. The lowest BCUT2D eigenvalue weighted by molar-refractivity contribution is 0.155. The molecule has 0 fully saturated rings. The zero-order valence-electron chi connectivity index (χ0n) is 9.74. The Morgan fingerprint density at radius 2 is 2.22 bits per heavy atom. The fraction of sp³-hybridized carbons (Fsp3) is 0.455. The van der Waals surface area contributed by atoms with Crippen molar-refractivity contribution in [1.29, 1.82) is 0 Å². The minimum atomic E-state index is -2.38. The first kappa shape index (κ1) is 13.6. The molecule has 0 aromatic carbocycles. The first-order chi connectivity index (χ1) is 8.63. The molecule has 0 atom stereocenters. The summed E-state index contributed by atoms with van der Waals surface area (Å²) < 4.78 is 26.1. The molecule has 7 heteroatoms. The first-order valence-electron chi connectivity index (χ1n) is 5.41. The maximum Gasteiger partial charge on any atom is 0.255 e. The van der Waals surface area contributed by atoms with Gasteiger partial charge < -0.3 is 4.90 Å². The molecule has 0 amide bonds. The van der Waals surface area contributed by atoms with E-state index in [0.717, 1.165) is 15.8 Å². The van der Waals surface area contributed by atoms with Crippen LogP contribution in [0.3, 0.4) is 0 Å². The molecule has 98 valence electrons. The molecular weight excluding hydrogens is 324 g/mol. The van der Waals surface area contributed by atoms with Gasteiger partial charge in [-0.1, -0.05) is 15.9 Å². The molecule has 0 aliphatic rings. The number of alkyl halides is 3. The number of anilines is 1. The van der Waals surface area contributed by atoms with Crippen molar-refractivity contribution in [2.75, 3.05) is 23.3 Å². The first-order valence-corrected chi connectivity index (χ1v) is 7.41. The van der Waals surface area contributed by atoms with Crippen LogP contribution in [0, 0.1) is 6.92 Å². The number of halogens is 3. The van der Waals surface area contributed by atoms with Crippen molar-refractivity contribution in [2.24, 2.45) is 0 Å². The molecule has 2 rings (SSSR count). The Hall–Kier alpha value is -0.820. The third-order valence-electron chi connectivity index (χ3n) is 2.52. The van der Waals surface area contributed by atoms with Gasteiger partial charge in [-0.15, -0.1) is 11.3 Å². The van der Waals surface area contributed by atoms with E-state index in [1.807, 2.05) is 12.3 Å². The van der Waals surface area contributed by atoms with Gasteiger partial charge in [-0.2, -0.15) is 0 Å². The molecule has 2 heterocycles. The van der Waals surface area contributed by atoms with Crippen molar-refractivity contribution in [3.63, 3.8) is 0 Å². The lowest BCUT2D eigenvalue weighted by Crippen LogP contribution is -2.31. The lowest BCUT2D eigenvalue weighted by Gasteiger charge is -2.22. The fourth-order valence-corrected chi connectivity index (χ4v) is 3.18. The maximum absolute atomic E-state index is 12.6. The molecule has 0 radical (unpaired) electrons. The second kappa shape index (κ2) is 5.88. The Labute approximate surface area is 116 Å². The summed E-state index contributed by atoms with van der Waals surface area (Å²) in [5.74, 6) is 0.595. The monoisotopic (exact) mass is 335 g/mol. The average Bonchev–Trinajstić information content (AvgIpc) is 2.70. The van der Waals surface area contributed by atoms with E-state index < -0.39 is 6.43 Å². The van der Waals surface area contributed by atoms with E-state index >= 15 is 0 Å². The van der Waals surface area contributed by atoms with Crippen LogP contribution >= 0.6 is 27.3 Å². The summed E-state index contributed by atoms with van der Waals surface area (Å²) in [6.07, 6.45) is -0.945. The largest absolute Gasteiger partial charge is 0.349 e. The van der Waals surface area contributed by atoms with Crippen molar-refractivity contribution < 1.29 is 8.78 Å². The third-order valence-corrected chi connectivity index (χ3v) is 3.96. The Kier molecular flexibility index (Phi) is 4.45. The van der Waals surface area contributed by atoms with Crippen molar-refractivity contribution in [1.82, 2.24) is 9.97 Å². The van der Waals surface area contributed by atoms with Crippen molar-refractivity contribution in [3.8, 4) is 0 Å². The summed E-state index contributed by atoms with van der Waals surface area (Å²) >= 11 is 4.77. The standard InChI is InChI=1S/C11H12BrF2N3S/c1-7-5-18-10-9(7)15-6-16-11(10)17(3-2-12)4-8(13)14/h5-6,8H,2-4H2,1H3. The van der Waals surface area contributed by atoms with Gasteiger partial charge in [-0.05, 0) is 17.9 Å². The highest BCUT2D eigenvalue weighted by Crippen LogP contribution is 2.31. The zero-order valence-corrected chi connectivity index (χ0v) is 12.1. The second-order valence-corrected chi connectivity index (χ2v) is 5.49. The van der Waals surface area contributed by atoms with Crippen LogP contribution in [0.25, 0.3) is 10.2 Å². The molecule has 18 heavy (non-hydrogen) atoms. The van der Waals surface area contributed by atoms with Crippen LogP contribution in [0.5, 0.6) is 0 Å². The normalized spacial score (nSPS) is 11.4. The molecule has 3 nitrogen and oxygen atoms in total. The van der Waals surface area contributed by atoms with Gasteiger partial charge >= 0.3 is 0 Å². The molecular formula is C11H12BrF2N3S. The van der Waals surface area contributed by atoms with Gasteiger partial charge in [0.25, 0.3) is 6.43 Å². The van der Waals surface area contributed by atoms with Gasteiger partial charge in [0, 0.05) is 11.9 Å². The Morgan fingerprint density at radius 3 is 2.89 bits per heavy atom. The number of thiophene rings is 1. The van der Waals surface area contributed by atoms with E-state index in [1.165, 1.54) is 17.7 Å². The van der Waals surface area contributed by atoms with Crippen molar-refractivity contribution in [2.45, 2.75) is 13.3 Å². The number of hydrogen-bond donors (Lipinski definition) is 0. The minimum Gasteiger partial charge on any atom is -0.349 e. The predicted molar refractivity (Wildman–Crippen MR) is 74.2 cm³/mol. The highest BCUT2D eigenvalue weighted by atomic mass is 79.9. The lowest BCUT2D eigenvalue weighted by atomic mass is 10.3. The highest BCUT2D eigenvalue weighted by molar-refractivity contribution is 9.09. The van der Waals surface area contributed by atoms with E-state index in [0.29, 0.717) is 17.7 Å². The molecule has 2 aromatic heterocycles. The molecule has 0 saturated carbocycles. The molecule has 0 spiro atoms. The van der Waals surface area contributed by atoms with Crippen LogP contribution in [0.15, 0.2) is 11.7 Å². The van der Waals surface area contributed by atoms with E-state index in [-0.39, 0.29) is 6.54 Å². The SMILES string of the molecule is Cc1csc2c(N(CCBr)CC(F)F)ncnc12. The molecule has 0 aliphatic carbocycles. The minimum absolute atomic E-state index is 0.311. The third kappa shape index (κ3) is 2.77. The summed E-state index contributed by atoms with van der Waals surface area (Å²) in [4.78, 5) is 9.96. The molecule has 0 unspecified atom stereocenters. The van der Waals surface area contributed by atoms with Crippen LogP contribution in [0.1, 0.15) is 5.56 Å². The topological polar surface area (TPSA) is 29.0 Å². The maximum atomic E-state index is 12.6. The molecule has 0 N–H and O–H groups in total. The van der Waals surface area contributed by atoms with E-state index in [1.54, 1.807) is 4.90 Å². The molecule has 0 saturated heterocycles. The van der Waals surface area contributed by atoms with Crippen LogP contribution in [-0.2, 0) is 0 Å². The van der Waals surface area contributed by atoms with Gasteiger partial charge in [0.1, 0.15) is 12.1 Å².